The molecule has 0 saturated heterocycles. The minimum Gasteiger partial charge on any atom is -0.272 e. The zero-order valence-electron chi connectivity index (χ0n) is 14.0. The van der Waals surface area contributed by atoms with Gasteiger partial charge >= 0.3 is 5.69 Å². The number of rotatable bonds is 6. The molecule has 0 aliphatic heterocycles. The monoisotopic (exact) mass is 354 g/mol. The molecule has 0 amide bonds. The van der Waals surface area contributed by atoms with Crippen LogP contribution in [0.1, 0.15) is 24.8 Å². The Kier molecular flexibility index (Phi) is 5.21. The van der Waals surface area contributed by atoms with Crippen molar-refractivity contribution in [1.29, 1.82) is 0 Å². The summed E-state index contributed by atoms with van der Waals surface area (Å²) in [4.78, 5) is 20.7. The van der Waals surface area contributed by atoms with Crippen LogP contribution < -0.4 is 5.43 Å². The minimum absolute atomic E-state index is 0.151. The van der Waals surface area contributed by atoms with Crippen LogP contribution in [0.15, 0.2) is 53.6 Å². The van der Waals surface area contributed by atoms with Gasteiger partial charge < -0.3 is 0 Å². The molecule has 1 atom stereocenters. The molecule has 1 aliphatic rings. The fraction of sp³-hybridized carbons (Fsp3) is 0.278. The Morgan fingerprint density at radius 2 is 1.85 bits per heavy atom. The van der Waals surface area contributed by atoms with Crippen molar-refractivity contribution in [3.63, 3.8) is 0 Å². The highest BCUT2D eigenvalue weighted by Gasteiger charge is 2.24. The molecular formula is C18H18N4O4. The standard InChI is InChI=1S/C18H18N4O4/c23-21(24)15-9-10-17(18(12-15)22(25)26)20-19-16-8-4-7-14(16)11-13-5-2-1-3-6-13/h1-3,5-6,9-10,12,14,20H,4,7-8,11H2/b19-16+/t14-/m0/s1. The van der Waals surface area contributed by atoms with Gasteiger partial charge in [0.05, 0.1) is 15.9 Å². The Bertz CT molecular complexity index is 852. The molecule has 2 aromatic carbocycles. The van der Waals surface area contributed by atoms with Crippen molar-refractivity contribution < 1.29 is 9.85 Å². The number of hydrogen-bond acceptors (Lipinski definition) is 6. The number of hydrogen-bond donors (Lipinski definition) is 1. The smallest absolute Gasteiger partial charge is 0.272 e. The second-order valence-corrected chi connectivity index (χ2v) is 6.21. The van der Waals surface area contributed by atoms with Crippen LogP contribution in [0.2, 0.25) is 0 Å². The van der Waals surface area contributed by atoms with Crippen molar-refractivity contribution >= 4 is 22.8 Å². The van der Waals surface area contributed by atoms with Gasteiger partial charge in [-0.2, -0.15) is 5.10 Å². The maximum Gasteiger partial charge on any atom is 0.301 e. The quantitative estimate of drug-likeness (QED) is 0.613. The number of anilines is 1. The summed E-state index contributed by atoms with van der Waals surface area (Å²) < 4.78 is 0. The lowest BCUT2D eigenvalue weighted by Crippen LogP contribution is -2.12. The van der Waals surface area contributed by atoms with Crippen LogP contribution in [0.25, 0.3) is 0 Å². The first-order valence-corrected chi connectivity index (χ1v) is 8.34. The normalized spacial score (nSPS) is 18.0. The molecule has 0 spiro atoms. The third-order valence-corrected chi connectivity index (χ3v) is 4.49. The van der Waals surface area contributed by atoms with Crippen molar-refractivity contribution in [2.75, 3.05) is 5.43 Å². The summed E-state index contributed by atoms with van der Waals surface area (Å²) >= 11 is 0. The van der Waals surface area contributed by atoms with Gasteiger partial charge in [-0.15, -0.1) is 0 Å². The van der Waals surface area contributed by atoms with E-state index in [4.69, 9.17) is 0 Å². The molecule has 1 saturated carbocycles. The Morgan fingerprint density at radius 1 is 1.08 bits per heavy atom. The van der Waals surface area contributed by atoms with Gasteiger partial charge in [-0.05, 0) is 37.3 Å². The number of nitrogens with one attached hydrogen (secondary N) is 1. The second-order valence-electron chi connectivity index (χ2n) is 6.21. The van der Waals surface area contributed by atoms with E-state index in [1.54, 1.807) is 0 Å². The van der Waals surface area contributed by atoms with Gasteiger partial charge in [0.1, 0.15) is 5.69 Å². The van der Waals surface area contributed by atoms with E-state index in [2.05, 4.69) is 22.7 Å². The topological polar surface area (TPSA) is 111 Å². The van der Waals surface area contributed by atoms with Gasteiger partial charge in [-0.25, -0.2) is 0 Å². The molecule has 26 heavy (non-hydrogen) atoms. The fourth-order valence-corrected chi connectivity index (χ4v) is 3.18. The molecule has 1 aliphatic carbocycles. The van der Waals surface area contributed by atoms with E-state index < -0.39 is 9.85 Å². The third kappa shape index (κ3) is 4.02. The highest BCUT2D eigenvalue weighted by atomic mass is 16.6. The van der Waals surface area contributed by atoms with Gasteiger partial charge in [0.25, 0.3) is 5.69 Å². The van der Waals surface area contributed by atoms with Crippen LogP contribution in [-0.2, 0) is 6.42 Å². The number of non-ortho nitro benzene ring substituents is 1. The zero-order valence-corrected chi connectivity index (χ0v) is 14.0. The van der Waals surface area contributed by atoms with Crippen molar-refractivity contribution in [2.24, 2.45) is 11.0 Å². The third-order valence-electron chi connectivity index (χ3n) is 4.49. The SMILES string of the molecule is O=[N+]([O-])c1ccc(N/N=C2\CCC[C@H]2Cc2ccccc2)c([N+](=O)[O-])c1. The number of benzene rings is 2. The molecule has 0 unspecified atom stereocenters. The first-order chi connectivity index (χ1) is 12.5. The average molecular weight is 354 g/mol. The summed E-state index contributed by atoms with van der Waals surface area (Å²) in [7, 11) is 0. The Labute approximate surface area is 149 Å². The van der Waals surface area contributed by atoms with Gasteiger partial charge in [-0.1, -0.05) is 30.3 Å². The molecule has 2 aromatic rings. The Morgan fingerprint density at radius 3 is 2.54 bits per heavy atom. The number of hydrazone groups is 1. The van der Waals surface area contributed by atoms with Gasteiger partial charge in [0.15, 0.2) is 0 Å². The molecule has 0 heterocycles. The van der Waals surface area contributed by atoms with E-state index in [1.165, 1.54) is 17.7 Å². The molecule has 3 rings (SSSR count). The molecule has 0 bridgehead atoms. The number of nitrogens with zero attached hydrogens (tertiary/aromatic N) is 3. The van der Waals surface area contributed by atoms with Gasteiger partial charge in [0, 0.05) is 17.7 Å². The maximum absolute atomic E-state index is 11.2. The van der Waals surface area contributed by atoms with Crippen molar-refractivity contribution in [1.82, 2.24) is 0 Å². The predicted molar refractivity (Wildman–Crippen MR) is 98.3 cm³/mol. The lowest BCUT2D eigenvalue weighted by Gasteiger charge is -2.11. The van der Waals surface area contributed by atoms with Crippen LogP contribution in [-0.4, -0.2) is 15.6 Å². The van der Waals surface area contributed by atoms with E-state index in [-0.39, 0.29) is 17.1 Å². The average Bonchev–Trinajstić information content (AvgIpc) is 3.07. The summed E-state index contributed by atoms with van der Waals surface area (Å²) in [5.74, 6) is 0.294. The molecule has 1 fully saturated rings. The summed E-state index contributed by atoms with van der Waals surface area (Å²) in [5.41, 5.74) is 4.42. The van der Waals surface area contributed by atoms with Crippen molar-refractivity contribution in [2.45, 2.75) is 25.7 Å². The summed E-state index contributed by atoms with van der Waals surface area (Å²) in [5, 5.41) is 26.4. The lowest BCUT2D eigenvalue weighted by molar-refractivity contribution is -0.393. The van der Waals surface area contributed by atoms with Crippen LogP contribution >= 0.6 is 0 Å². The molecule has 8 nitrogen and oxygen atoms in total. The van der Waals surface area contributed by atoms with Crippen LogP contribution in [0.4, 0.5) is 17.1 Å². The highest BCUT2D eigenvalue weighted by molar-refractivity contribution is 5.89. The van der Waals surface area contributed by atoms with E-state index in [0.717, 1.165) is 37.5 Å². The van der Waals surface area contributed by atoms with Crippen molar-refractivity contribution in [3.05, 3.63) is 74.3 Å². The fourth-order valence-electron chi connectivity index (χ4n) is 3.18. The summed E-state index contributed by atoms with van der Waals surface area (Å²) in [6, 6.07) is 13.6. The number of nitro benzene ring substituents is 2. The van der Waals surface area contributed by atoms with Gasteiger partial charge in [-0.3, -0.25) is 25.7 Å². The van der Waals surface area contributed by atoms with E-state index in [0.29, 0.717) is 5.92 Å². The zero-order chi connectivity index (χ0) is 18.5. The second kappa shape index (κ2) is 7.73. The molecule has 0 aromatic heterocycles. The maximum atomic E-state index is 11.2. The van der Waals surface area contributed by atoms with E-state index in [9.17, 15) is 20.2 Å². The molecular weight excluding hydrogens is 336 g/mol. The van der Waals surface area contributed by atoms with Gasteiger partial charge in [0.2, 0.25) is 0 Å². The summed E-state index contributed by atoms with van der Waals surface area (Å²) in [6.07, 6.45) is 3.77. The number of nitro groups is 2. The van der Waals surface area contributed by atoms with E-state index in [1.807, 2.05) is 18.2 Å². The molecule has 8 heteroatoms. The Balaban J connectivity index is 1.78. The lowest BCUT2D eigenvalue weighted by atomic mass is 9.97. The largest absolute Gasteiger partial charge is 0.301 e. The first-order valence-electron chi connectivity index (χ1n) is 8.34. The minimum atomic E-state index is -0.657. The first kappa shape index (κ1) is 17.5. The van der Waals surface area contributed by atoms with Crippen LogP contribution in [0, 0.1) is 26.1 Å². The van der Waals surface area contributed by atoms with E-state index >= 15 is 0 Å². The predicted octanol–water partition coefficient (Wildman–Crippen LogP) is 4.31. The Hall–Kier alpha value is -3.29. The highest BCUT2D eigenvalue weighted by Crippen LogP contribution is 2.30. The molecule has 134 valence electrons. The van der Waals surface area contributed by atoms with Crippen LogP contribution in [0.5, 0.6) is 0 Å². The molecule has 0 radical (unpaired) electrons. The molecule has 1 N–H and O–H groups in total. The van der Waals surface area contributed by atoms with Crippen LogP contribution in [0.3, 0.4) is 0 Å². The summed E-state index contributed by atoms with van der Waals surface area (Å²) in [6.45, 7) is 0. The van der Waals surface area contributed by atoms with Crippen molar-refractivity contribution in [3.8, 4) is 0 Å².